The zero-order valence-corrected chi connectivity index (χ0v) is 11.9. The Morgan fingerprint density at radius 3 is 2.60 bits per heavy atom. The van der Waals surface area contributed by atoms with Crippen molar-refractivity contribution in [3.63, 3.8) is 0 Å². The van der Waals surface area contributed by atoms with Crippen LogP contribution in [0.3, 0.4) is 0 Å². The minimum Gasteiger partial charge on any atom is -1.00 e. The zero-order chi connectivity index (χ0) is 9.52. The van der Waals surface area contributed by atoms with Gasteiger partial charge in [0.1, 0.15) is 0 Å². The molecule has 0 aliphatic rings. The number of halogens is 2. The van der Waals surface area contributed by atoms with Crippen molar-refractivity contribution in [2.45, 2.75) is 26.2 Å². The van der Waals surface area contributed by atoms with Gasteiger partial charge in [-0.3, -0.25) is 4.39 Å². The number of unbranched alkanes of at least 4 members (excludes halogenated alkanes) is 2. The molecule has 0 atom stereocenters. The van der Waals surface area contributed by atoms with Gasteiger partial charge in [0.05, 0.1) is 6.61 Å². The van der Waals surface area contributed by atoms with E-state index in [0.717, 1.165) is 6.42 Å². The number of hydrogen-bond donors (Lipinski definition) is 0. The van der Waals surface area contributed by atoms with Crippen LogP contribution in [0.25, 0.3) is 0 Å². The van der Waals surface area contributed by atoms with Gasteiger partial charge < -0.3 is 21.7 Å². The van der Waals surface area contributed by atoms with Crippen LogP contribution in [0.1, 0.15) is 26.2 Å². The van der Waals surface area contributed by atoms with Gasteiger partial charge in [0.25, 0.3) is 0 Å². The Hall–Kier alpha value is 0.196. The third-order valence-electron chi connectivity index (χ3n) is 1.75. The minimum absolute atomic E-state index is 0. The molecule has 1 aromatic carbocycles. The summed E-state index contributed by atoms with van der Waals surface area (Å²) in [6.45, 7) is 2.83. The van der Waals surface area contributed by atoms with E-state index in [1.165, 1.54) is 25.0 Å². The van der Waals surface area contributed by atoms with Crippen LogP contribution in [-0.4, -0.2) is 29.7 Å². The maximum atomic E-state index is 12.4. The molecule has 1 rings (SSSR count). The first-order chi connectivity index (χ1) is 6.33. The standard InChI is InChI=1S/C11H14FO.BrH.Mg/c1-2-3-4-9-13-11-7-5-10(12)6-8-11;;/h5-7H,2-4,9H2,1H3;1H;/q-1;;+2/p-1. The fourth-order valence-corrected chi connectivity index (χ4v) is 1.02. The number of hydrogen-bond acceptors (Lipinski definition) is 1. The van der Waals surface area contributed by atoms with Crippen LogP contribution >= 0.6 is 0 Å². The summed E-state index contributed by atoms with van der Waals surface area (Å²) in [7, 11) is 0. The van der Waals surface area contributed by atoms with Crippen LogP contribution in [0.4, 0.5) is 4.39 Å². The summed E-state index contributed by atoms with van der Waals surface area (Å²) >= 11 is 0. The zero-order valence-electron chi connectivity index (χ0n) is 8.93. The van der Waals surface area contributed by atoms with Gasteiger partial charge in [-0.05, 0) is 6.42 Å². The topological polar surface area (TPSA) is 9.23 Å². The molecule has 0 aromatic heterocycles. The van der Waals surface area contributed by atoms with Crippen molar-refractivity contribution in [2.24, 2.45) is 0 Å². The molecule has 0 saturated carbocycles. The molecule has 0 fully saturated rings. The Morgan fingerprint density at radius 2 is 2.07 bits per heavy atom. The first-order valence-corrected chi connectivity index (χ1v) is 4.63. The quantitative estimate of drug-likeness (QED) is 0.414. The fraction of sp³-hybridized carbons (Fsp3) is 0.455. The SMILES string of the molecule is CCCCCOc1[c-]cc(F)cc1.[Br-].[Mg+2]. The Morgan fingerprint density at radius 1 is 1.33 bits per heavy atom. The molecular weight excluding hydrogens is 271 g/mol. The van der Waals surface area contributed by atoms with Gasteiger partial charge in [-0.2, -0.15) is 0 Å². The van der Waals surface area contributed by atoms with Crippen molar-refractivity contribution in [1.29, 1.82) is 0 Å². The van der Waals surface area contributed by atoms with Crippen LogP contribution in [0.2, 0.25) is 0 Å². The fourth-order valence-electron chi connectivity index (χ4n) is 1.02. The maximum Gasteiger partial charge on any atom is 2.00 e. The molecule has 1 aromatic rings. The predicted octanol–water partition coefficient (Wildman–Crippen LogP) is -0.182. The minimum atomic E-state index is -0.277. The second-order valence-corrected chi connectivity index (χ2v) is 2.93. The van der Waals surface area contributed by atoms with Gasteiger partial charge in [-0.15, -0.1) is 24.3 Å². The predicted molar refractivity (Wildman–Crippen MR) is 56.0 cm³/mol. The van der Waals surface area contributed by atoms with E-state index >= 15 is 0 Å². The van der Waals surface area contributed by atoms with Crippen LogP contribution < -0.4 is 21.7 Å². The summed E-state index contributed by atoms with van der Waals surface area (Å²) in [5, 5.41) is 0. The first kappa shape index (κ1) is 17.6. The molecule has 0 radical (unpaired) electrons. The monoisotopic (exact) mass is 284 g/mol. The van der Waals surface area contributed by atoms with Crippen LogP contribution in [0.5, 0.6) is 5.75 Å². The second-order valence-electron chi connectivity index (χ2n) is 2.93. The average Bonchev–Trinajstić information content (AvgIpc) is 2.15. The third-order valence-corrected chi connectivity index (χ3v) is 1.75. The maximum absolute atomic E-state index is 12.4. The van der Waals surface area contributed by atoms with E-state index in [-0.39, 0.29) is 45.9 Å². The normalized spacial score (nSPS) is 8.67. The number of rotatable bonds is 5. The van der Waals surface area contributed by atoms with Crippen molar-refractivity contribution < 1.29 is 26.1 Å². The van der Waals surface area contributed by atoms with Gasteiger partial charge >= 0.3 is 23.1 Å². The summed E-state index contributed by atoms with van der Waals surface area (Å²) in [5.74, 6) is 0.346. The van der Waals surface area contributed by atoms with Gasteiger partial charge in [0.15, 0.2) is 0 Å². The summed E-state index contributed by atoms with van der Waals surface area (Å²) in [4.78, 5) is 0. The molecule has 0 amide bonds. The van der Waals surface area contributed by atoms with Gasteiger partial charge in [-0.25, -0.2) is 0 Å². The Kier molecular flexibility index (Phi) is 12.6. The van der Waals surface area contributed by atoms with E-state index < -0.39 is 0 Å². The van der Waals surface area contributed by atoms with Crippen LogP contribution in [0.15, 0.2) is 18.2 Å². The summed E-state index contributed by atoms with van der Waals surface area (Å²) in [5.41, 5.74) is 0. The molecule has 0 aliphatic carbocycles. The van der Waals surface area contributed by atoms with E-state index in [1.807, 2.05) is 0 Å². The van der Waals surface area contributed by atoms with Crippen molar-refractivity contribution in [2.75, 3.05) is 6.61 Å². The molecule has 80 valence electrons. The van der Waals surface area contributed by atoms with Crippen LogP contribution in [0, 0.1) is 11.9 Å². The first-order valence-electron chi connectivity index (χ1n) is 4.63. The van der Waals surface area contributed by atoms with Gasteiger partial charge in [0, 0.05) is 11.6 Å². The van der Waals surface area contributed by atoms with Crippen molar-refractivity contribution in [3.8, 4) is 5.75 Å². The van der Waals surface area contributed by atoms with Crippen molar-refractivity contribution in [3.05, 3.63) is 30.1 Å². The second kappa shape index (κ2) is 10.7. The summed E-state index contributed by atoms with van der Waals surface area (Å²) < 4.78 is 17.8. The Bertz CT molecular complexity index is 241. The molecule has 0 spiro atoms. The molecule has 0 N–H and O–H groups in total. The largest absolute Gasteiger partial charge is 2.00 e. The molecule has 0 unspecified atom stereocenters. The average molecular weight is 285 g/mol. The van der Waals surface area contributed by atoms with E-state index in [4.69, 9.17) is 4.74 Å². The molecule has 15 heavy (non-hydrogen) atoms. The molecule has 0 heterocycles. The summed E-state index contributed by atoms with van der Waals surface area (Å²) in [6.07, 6.45) is 3.39. The van der Waals surface area contributed by atoms with E-state index in [9.17, 15) is 4.39 Å². The van der Waals surface area contributed by atoms with Gasteiger partial charge in [-0.1, -0.05) is 19.8 Å². The van der Waals surface area contributed by atoms with Crippen molar-refractivity contribution in [1.82, 2.24) is 0 Å². The molecule has 4 heteroatoms. The Labute approximate surface area is 117 Å². The molecular formula is C11H14BrFMgO. The molecule has 0 saturated heterocycles. The number of benzene rings is 1. The van der Waals surface area contributed by atoms with E-state index in [2.05, 4.69) is 13.0 Å². The third kappa shape index (κ3) is 8.05. The van der Waals surface area contributed by atoms with Crippen molar-refractivity contribution >= 4 is 23.1 Å². The molecule has 0 aliphatic heterocycles. The number of ether oxygens (including phenoxy) is 1. The molecule has 0 bridgehead atoms. The summed E-state index contributed by atoms with van der Waals surface area (Å²) in [6, 6.07) is 6.98. The smallest absolute Gasteiger partial charge is 1.00 e. The van der Waals surface area contributed by atoms with E-state index in [0.29, 0.717) is 12.4 Å². The van der Waals surface area contributed by atoms with Crippen LogP contribution in [-0.2, 0) is 0 Å². The van der Waals surface area contributed by atoms with Gasteiger partial charge in [0.2, 0.25) is 0 Å². The van der Waals surface area contributed by atoms with E-state index in [1.54, 1.807) is 6.07 Å². The Balaban J connectivity index is 0. The molecule has 1 nitrogen and oxygen atoms in total.